The van der Waals surface area contributed by atoms with Gasteiger partial charge in [0.2, 0.25) is 11.0 Å². The third-order valence-corrected chi connectivity index (χ3v) is 6.64. The molecule has 0 atom stereocenters. The number of nitrogens with one attached hydrogen (secondary N) is 1. The molecular formula is C18H28N6OS2. The average molecular weight is 409 g/mol. The van der Waals surface area contributed by atoms with E-state index in [0.717, 1.165) is 16.0 Å². The van der Waals surface area contributed by atoms with E-state index >= 15 is 0 Å². The summed E-state index contributed by atoms with van der Waals surface area (Å²) >= 11 is 2.92. The molecule has 1 N–H and O–H groups in total. The standard InChI is InChI=1S/C18H28N6OS2/c1-11(2)15-20-23-18(24(15)12(3)4)26-10-14(25)19-17-22-21-16(27-17)13-8-6-5-7-9-13/h11-13H,5-10H2,1-4H3,(H,19,22,25). The molecule has 2 aromatic heterocycles. The maximum Gasteiger partial charge on any atom is 0.236 e. The van der Waals surface area contributed by atoms with Crippen LogP contribution in [0.1, 0.15) is 88.5 Å². The Morgan fingerprint density at radius 3 is 2.56 bits per heavy atom. The normalized spacial score (nSPS) is 15.6. The van der Waals surface area contributed by atoms with Crippen molar-refractivity contribution in [3.05, 3.63) is 10.8 Å². The molecule has 0 saturated heterocycles. The van der Waals surface area contributed by atoms with E-state index in [9.17, 15) is 4.79 Å². The number of hydrogen-bond acceptors (Lipinski definition) is 7. The molecule has 3 rings (SSSR count). The first-order valence-corrected chi connectivity index (χ1v) is 11.5. The highest BCUT2D eigenvalue weighted by Crippen LogP contribution is 2.35. The number of aromatic nitrogens is 5. The summed E-state index contributed by atoms with van der Waals surface area (Å²) in [7, 11) is 0. The Labute approximate surface area is 168 Å². The Hall–Kier alpha value is -1.48. The number of thioether (sulfide) groups is 1. The van der Waals surface area contributed by atoms with Gasteiger partial charge in [-0.15, -0.1) is 20.4 Å². The van der Waals surface area contributed by atoms with Crippen LogP contribution in [0.5, 0.6) is 0 Å². The lowest BCUT2D eigenvalue weighted by Crippen LogP contribution is -2.15. The predicted molar refractivity (Wildman–Crippen MR) is 110 cm³/mol. The third kappa shape index (κ3) is 5.07. The molecule has 0 bridgehead atoms. The van der Waals surface area contributed by atoms with Crippen molar-refractivity contribution in [2.45, 2.75) is 82.8 Å². The quantitative estimate of drug-likeness (QED) is 0.673. The predicted octanol–water partition coefficient (Wildman–Crippen LogP) is 4.61. The monoisotopic (exact) mass is 408 g/mol. The van der Waals surface area contributed by atoms with E-state index in [2.05, 4.69) is 58.0 Å². The molecule has 0 unspecified atom stereocenters. The van der Waals surface area contributed by atoms with Crippen molar-refractivity contribution in [1.82, 2.24) is 25.0 Å². The zero-order valence-electron chi connectivity index (χ0n) is 16.4. The molecule has 1 amide bonds. The van der Waals surface area contributed by atoms with E-state index in [1.54, 1.807) is 0 Å². The van der Waals surface area contributed by atoms with Crippen LogP contribution in [-0.4, -0.2) is 36.6 Å². The van der Waals surface area contributed by atoms with Crippen LogP contribution >= 0.6 is 23.1 Å². The summed E-state index contributed by atoms with van der Waals surface area (Å²) in [6, 6.07) is 0.254. The molecule has 148 valence electrons. The number of hydrogen-bond donors (Lipinski definition) is 1. The summed E-state index contributed by atoms with van der Waals surface area (Å²) in [5, 5.41) is 22.3. The number of amides is 1. The van der Waals surface area contributed by atoms with Crippen LogP contribution in [0.3, 0.4) is 0 Å². The molecule has 1 saturated carbocycles. The summed E-state index contributed by atoms with van der Waals surface area (Å²) in [4.78, 5) is 12.3. The Bertz CT molecular complexity index is 764. The molecule has 7 nitrogen and oxygen atoms in total. The molecule has 0 aromatic carbocycles. The van der Waals surface area contributed by atoms with Crippen molar-refractivity contribution in [2.24, 2.45) is 0 Å². The van der Waals surface area contributed by atoms with Gasteiger partial charge >= 0.3 is 0 Å². The minimum atomic E-state index is -0.0873. The zero-order chi connectivity index (χ0) is 19.4. The summed E-state index contributed by atoms with van der Waals surface area (Å²) in [5.41, 5.74) is 0. The lowest BCUT2D eigenvalue weighted by molar-refractivity contribution is -0.113. The fourth-order valence-electron chi connectivity index (χ4n) is 3.35. The zero-order valence-corrected chi connectivity index (χ0v) is 18.1. The van der Waals surface area contributed by atoms with Crippen molar-refractivity contribution in [2.75, 3.05) is 11.1 Å². The number of carbonyl (C=O) groups excluding carboxylic acids is 1. The van der Waals surface area contributed by atoms with E-state index in [1.165, 1.54) is 55.2 Å². The Kier molecular flexibility index (Phi) is 6.86. The molecular weight excluding hydrogens is 380 g/mol. The van der Waals surface area contributed by atoms with Gasteiger partial charge in [-0.2, -0.15) is 0 Å². The van der Waals surface area contributed by atoms with Gasteiger partial charge in [-0.1, -0.05) is 56.2 Å². The molecule has 2 heterocycles. The minimum Gasteiger partial charge on any atom is -0.303 e. The summed E-state index contributed by atoms with van der Waals surface area (Å²) in [5.74, 6) is 1.95. The van der Waals surface area contributed by atoms with Crippen LogP contribution in [0, 0.1) is 0 Å². The van der Waals surface area contributed by atoms with Crippen LogP contribution in [0.15, 0.2) is 5.16 Å². The van der Waals surface area contributed by atoms with E-state index in [0.29, 0.717) is 17.0 Å². The molecule has 0 aliphatic heterocycles. The molecule has 2 aromatic rings. The van der Waals surface area contributed by atoms with Gasteiger partial charge in [0.1, 0.15) is 10.8 Å². The number of rotatable bonds is 7. The molecule has 1 fully saturated rings. The van der Waals surface area contributed by atoms with Gasteiger partial charge < -0.3 is 4.57 Å². The van der Waals surface area contributed by atoms with Gasteiger partial charge in [0.15, 0.2) is 5.16 Å². The first-order chi connectivity index (χ1) is 13.0. The van der Waals surface area contributed by atoms with Crippen LogP contribution < -0.4 is 5.32 Å². The molecule has 9 heteroatoms. The maximum absolute atomic E-state index is 12.3. The molecule has 27 heavy (non-hydrogen) atoms. The van der Waals surface area contributed by atoms with Gasteiger partial charge in [-0.25, -0.2) is 0 Å². The average Bonchev–Trinajstić information content (AvgIpc) is 3.27. The van der Waals surface area contributed by atoms with Crippen molar-refractivity contribution in [3.63, 3.8) is 0 Å². The van der Waals surface area contributed by atoms with E-state index in [-0.39, 0.29) is 17.7 Å². The van der Waals surface area contributed by atoms with Gasteiger partial charge in [0.05, 0.1) is 5.75 Å². The summed E-state index contributed by atoms with van der Waals surface area (Å²) in [6.07, 6.45) is 6.20. The van der Waals surface area contributed by atoms with Crippen LogP contribution in [0.4, 0.5) is 5.13 Å². The van der Waals surface area contributed by atoms with Crippen molar-refractivity contribution in [3.8, 4) is 0 Å². The van der Waals surface area contributed by atoms with Gasteiger partial charge in [0.25, 0.3) is 0 Å². The Morgan fingerprint density at radius 1 is 1.15 bits per heavy atom. The third-order valence-electron chi connectivity index (χ3n) is 4.70. The largest absolute Gasteiger partial charge is 0.303 e. The van der Waals surface area contributed by atoms with Crippen molar-refractivity contribution >= 4 is 34.1 Å². The molecule has 1 aliphatic carbocycles. The van der Waals surface area contributed by atoms with Gasteiger partial charge in [0, 0.05) is 17.9 Å². The second-order valence-corrected chi connectivity index (χ2v) is 9.53. The highest BCUT2D eigenvalue weighted by atomic mass is 32.2. The summed E-state index contributed by atoms with van der Waals surface area (Å²) in [6.45, 7) is 8.41. The number of anilines is 1. The highest BCUT2D eigenvalue weighted by Gasteiger charge is 2.21. The fourth-order valence-corrected chi connectivity index (χ4v) is 5.15. The Morgan fingerprint density at radius 2 is 1.89 bits per heavy atom. The fraction of sp³-hybridized carbons (Fsp3) is 0.722. The van der Waals surface area contributed by atoms with Crippen molar-refractivity contribution in [1.29, 1.82) is 0 Å². The molecule has 0 spiro atoms. The maximum atomic E-state index is 12.3. The first-order valence-electron chi connectivity index (χ1n) is 9.66. The summed E-state index contributed by atoms with van der Waals surface area (Å²) < 4.78 is 2.11. The van der Waals surface area contributed by atoms with Gasteiger partial charge in [-0.3, -0.25) is 10.1 Å². The number of carbonyl (C=O) groups is 1. The van der Waals surface area contributed by atoms with E-state index < -0.39 is 0 Å². The van der Waals surface area contributed by atoms with E-state index in [1.807, 2.05) is 0 Å². The van der Waals surface area contributed by atoms with Crippen molar-refractivity contribution < 1.29 is 4.79 Å². The van der Waals surface area contributed by atoms with Gasteiger partial charge in [-0.05, 0) is 26.7 Å². The van der Waals surface area contributed by atoms with Crippen LogP contribution in [0.2, 0.25) is 0 Å². The lowest BCUT2D eigenvalue weighted by atomic mass is 9.90. The lowest BCUT2D eigenvalue weighted by Gasteiger charge is -2.18. The van der Waals surface area contributed by atoms with E-state index in [4.69, 9.17) is 0 Å². The highest BCUT2D eigenvalue weighted by molar-refractivity contribution is 7.99. The minimum absolute atomic E-state index is 0.0873. The second-order valence-electron chi connectivity index (χ2n) is 7.58. The molecule has 0 radical (unpaired) electrons. The molecule has 1 aliphatic rings. The Balaban J connectivity index is 1.57. The number of nitrogens with zero attached hydrogens (tertiary/aromatic N) is 5. The van der Waals surface area contributed by atoms with Crippen LogP contribution in [-0.2, 0) is 4.79 Å². The smallest absolute Gasteiger partial charge is 0.236 e. The SMILES string of the molecule is CC(C)c1nnc(SCC(=O)Nc2nnc(C3CCCCC3)s2)n1C(C)C. The second kappa shape index (κ2) is 9.14. The van der Waals surface area contributed by atoms with Crippen LogP contribution in [0.25, 0.3) is 0 Å². The topological polar surface area (TPSA) is 85.6 Å². The first kappa shape index (κ1) is 20.3.